The number of ether oxygens (including phenoxy) is 1. The fourth-order valence-corrected chi connectivity index (χ4v) is 3.77. The zero-order valence-corrected chi connectivity index (χ0v) is 18.4. The van der Waals surface area contributed by atoms with E-state index in [1.807, 2.05) is 12.1 Å². The lowest BCUT2D eigenvalue weighted by molar-refractivity contribution is -0.138. The van der Waals surface area contributed by atoms with Gasteiger partial charge in [-0.25, -0.2) is 4.39 Å². The van der Waals surface area contributed by atoms with Gasteiger partial charge in [0.15, 0.2) is 11.9 Å². The van der Waals surface area contributed by atoms with Gasteiger partial charge in [0.05, 0.1) is 5.69 Å². The normalized spacial score (nSPS) is 14.8. The molecule has 0 radical (unpaired) electrons. The molecule has 0 spiro atoms. The first-order chi connectivity index (χ1) is 15.5. The van der Waals surface area contributed by atoms with Crippen molar-refractivity contribution in [2.45, 2.75) is 26.4 Å². The number of carbonyl (C=O) groups is 1. The van der Waals surface area contributed by atoms with Gasteiger partial charge in [-0.2, -0.15) is 0 Å². The topological polar surface area (TPSA) is 58.6 Å². The summed E-state index contributed by atoms with van der Waals surface area (Å²) in [6, 6.07) is 18.1. The van der Waals surface area contributed by atoms with Crippen molar-refractivity contribution < 1.29 is 13.9 Å². The number of rotatable bonds is 6. The second-order valence-electron chi connectivity index (χ2n) is 7.86. The predicted molar refractivity (Wildman–Crippen MR) is 122 cm³/mol. The molecule has 1 fully saturated rings. The molecule has 2 heterocycles. The molecule has 1 aliphatic rings. The number of aryl methyl sites for hydroxylation is 1. The summed E-state index contributed by atoms with van der Waals surface area (Å²) in [4.78, 5) is 16.6. The van der Waals surface area contributed by atoms with Crippen LogP contribution in [-0.4, -0.2) is 53.3 Å². The molecule has 4 rings (SSSR count). The Kier molecular flexibility index (Phi) is 6.63. The molecule has 1 aliphatic heterocycles. The van der Waals surface area contributed by atoms with Gasteiger partial charge in [0.25, 0.3) is 5.91 Å². The van der Waals surface area contributed by atoms with Crippen molar-refractivity contribution in [3.05, 3.63) is 72.0 Å². The Morgan fingerprint density at radius 2 is 1.78 bits per heavy atom. The van der Waals surface area contributed by atoms with Gasteiger partial charge in [-0.15, -0.1) is 10.2 Å². The summed E-state index contributed by atoms with van der Waals surface area (Å²) in [5, 5.41) is 8.80. The van der Waals surface area contributed by atoms with Gasteiger partial charge in [0, 0.05) is 37.8 Å². The highest BCUT2D eigenvalue weighted by Crippen LogP contribution is 2.21. The number of aromatic nitrogens is 2. The van der Waals surface area contributed by atoms with E-state index in [2.05, 4.69) is 46.3 Å². The lowest BCUT2D eigenvalue weighted by Gasteiger charge is -2.36. The van der Waals surface area contributed by atoms with Gasteiger partial charge in [0.2, 0.25) is 0 Å². The SMILES string of the molecule is CCc1ccc(-c2ccc(N3CCN(C(=O)C(C)Oc4cccc(F)c4)CC3)nn2)cc1. The number of hydrogen-bond acceptors (Lipinski definition) is 5. The third-order valence-electron chi connectivity index (χ3n) is 5.68. The second-order valence-corrected chi connectivity index (χ2v) is 7.86. The lowest BCUT2D eigenvalue weighted by Crippen LogP contribution is -2.52. The summed E-state index contributed by atoms with van der Waals surface area (Å²) in [5.74, 6) is 0.658. The first-order valence-electron chi connectivity index (χ1n) is 10.9. The van der Waals surface area contributed by atoms with Gasteiger partial charge < -0.3 is 14.5 Å². The minimum Gasteiger partial charge on any atom is -0.481 e. The number of piperazine rings is 1. The molecule has 1 unspecified atom stereocenters. The van der Waals surface area contributed by atoms with Crippen LogP contribution < -0.4 is 9.64 Å². The quantitative estimate of drug-likeness (QED) is 0.588. The largest absolute Gasteiger partial charge is 0.481 e. The number of hydrogen-bond donors (Lipinski definition) is 0. The van der Waals surface area contributed by atoms with Crippen LogP contribution in [0.15, 0.2) is 60.7 Å². The van der Waals surface area contributed by atoms with Crippen LogP contribution >= 0.6 is 0 Å². The van der Waals surface area contributed by atoms with Crippen molar-refractivity contribution in [3.63, 3.8) is 0 Å². The van der Waals surface area contributed by atoms with Crippen LogP contribution in [0.5, 0.6) is 5.75 Å². The fraction of sp³-hybridized carbons (Fsp3) is 0.320. The van der Waals surface area contributed by atoms with E-state index in [-0.39, 0.29) is 11.7 Å². The van der Waals surface area contributed by atoms with E-state index in [0.29, 0.717) is 31.9 Å². The summed E-state index contributed by atoms with van der Waals surface area (Å²) in [7, 11) is 0. The van der Waals surface area contributed by atoms with E-state index >= 15 is 0 Å². The highest BCUT2D eigenvalue weighted by atomic mass is 19.1. The zero-order valence-electron chi connectivity index (χ0n) is 18.4. The third kappa shape index (κ3) is 5.04. The minimum absolute atomic E-state index is 0.106. The highest BCUT2D eigenvalue weighted by molar-refractivity contribution is 5.81. The molecule has 0 N–H and O–H groups in total. The fourth-order valence-electron chi connectivity index (χ4n) is 3.77. The van der Waals surface area contributed by atoms with E-state index in [4.69, 9.17) is 4.74 Å². The van der Waals surface area contributed by atoms with Crippen LogP contribution in [-0.2, 0) is 11.2 Å². The average Bonchev–Trinajstić information content (AvgIpc) is 2.84. The third-order valence-corrected chi connectivity index (χ3v) is 5.68. The molecule has 32 heavy (non-hydrogen) atoms. The molecule has 0 saturated carbocycles. The predicted octanol–water partition coefficient (Wildman–Crippen LogP) is 3.96. The van der Waals surface area contributed by atoms with E-state index in [1.54, 1.807) is 24.0 Å². The molecule has 0 bridgehead atoms. The van der Waals surface area contributed by atoms with Crippen molar-refractivity contribution >= 4 is 11.7 Å². The summed E-state index contributed by atoms with van der Waals surface area (Å²) in [5.41, 5.74) is 3.18. The lowest BCUT2D eigenvalue weighted by atomic mass is 10.1. The Hall–Kier alpha value is -3.48. The molecule has 166 valence electrons. The summed E-state index contributed by atoms with van der Waals surface area (Å²) < 4.78 is 19.0. The number of anilines is 1. The molecule has 1 amide bonds. The molecule has 6 nitrogen and oxygen atoms in total. The molecular weight excluding hydrogens is 407 g/mol. The molecule has 1 saturated heterocycles. The molecular formula is C25H27FN4O2. The average molecular weight is 435 g/mol. The van der Waals surface area contributed by atoms with Crippen LogP contribution in [0, 0.1) is 5.82 Å². The smallest absolute Gasteiger partial charge is 0.263 e. The molecule has 3 aromatic rings. The number of benzene rings is 2. The Bertz CT molecular complexity index is 1050. The summed E-state index contributed by atoms with van der Waals surface area (Å²) in [6.45, 7) is 6.29. The van der Waals surface area contributed by atoms with Crippen LogP contribution in [0.2, 0.25) is 0 Å². The maximum Gasteiger partial charge on any atom is 0.263 e. The van der Waals surface area contributed by atoms with Gasteiger partial charge in [-0.3, -0.25) is 4.79 Å². The Labute approximate surface area is 187 Å². The number of halogens is 1. The van der Waals surface area contributed by atoms with Crippen LogP contribution in [0.3, 0.4) is 0 Å². The van der Waals surface area contributed by atoms with Crippen molar-refractivity contribution in [3.8, 4) is 17.0 Å². The van der Waals surface area contributed by atoms with Crippen LogP contribution in [0.25, 0.3) is 11.3 Å². The van der Waals surface area contributed by atoms with Gasteiger partial charge >= 0.3 is 0 Å². The van der Waals surface area contributed by atoms with Crippen molar-refractivity contribution in [2.24, 2.45) is 0 Å². The van der Waals surface area contributed by atoms with E-state index in [0.717, 1.165) is 23.5 Å². The maximum atomic E-state index is 13.3. The molecule has 2 aromatic carbocycles. The molecule has 7 heteroatoms. The standard InChI is InChI=1S/C25H27FN4O2/c1-3-19-7-9-20(10-8-19)23-11-12-24(28-27-23)29-13-15-30(16-14-29)25(31)18(2)32-22-6-4-5-21(26)17-22/h4-12,17-18H,3,13-16H2,1-2H3. The Morgan fingerprint density at radius 1 is 1.03 bits per heavy atom. The van der Waals surface area contributed by atoms with Gasteiger partial charge in [-0.05, 0) is 43.2 Å². The van der Waals surface area contributed by atoms with Gasteiger partial charge in [0.1, 0.15) is 11.6 Å². The van der Waals surface area contributed by atoms with Crippen LogP contribution in [0.1, 0.15) is 19.4 Å². The Morgan fingerprint density at radius 3 is 2.41 bits per heavy atom. The highest BCUT2D eigenvalue weighted by Gasteiger charge is 2.26. The monoisotopic (exact) mass is 434 g/mol. The first-order valence-corrected chi connectivity index (χ1v) is 10.9. The molecule has 1 atom stereocenters. The van der Waals surface area contributed by atoms with Crippen molar-refractivity contribution in [2.75, 3.05) is 31.1 Å². The number of nitrogens with zero attached hydrogens (tertiary/aromatic N) is 4. The zero-order chi connectivity index (χ0) is 22.5. The first kappa shape index (κ1) is 21.7. The van der Waals surface area contributed by atoms with E-state index in [9.17, 15) is 9.18 Å². The van der Waals surface area contributed by atoms with Crippen molar-refractivity contribution in [1.82, 2.24) is 15.1 Å². The number of amides is 1. The van der Waals surface area contributed by atoms with E-state index in [1.165, 1.54) is 17.7 Å². The molecule has 0 aliphatic carbocycles. The molecule has 1 aromatic heterocycles. The van der Waals surface area contributed by atoms with Crippen molar-refractivity contribution in [1.29, 1.82) is 0 Å². The summed E-state index contributed by atoms with van der Waals surface area (Å²) >= 11 is 0. The Balaban J connectivity index is 1.32. The summed E-state index contributed by atoms with van der Waals surface area (Å²) in [6.07, 6.45) is 0.330. The van der Waals surface area contributed by atoms with Gasteiger partial charge in [-0.1, -0.05) is 37.3 Å². The van der Waals surface area contributed by atoms with Crippen LogP contribution in [0.4, 0.5) is 10.2 Å². The second kappa shape index (κ2) is 9.77. The number of carbonyl (C=O) groups excluding carboxylic acids is 1. The minimum atomic E-state index is -0.679. The van der Waals surface area contributed by atoms with E-state index < -0.39 is 6.10 Å². The maximum absolute atomic E-state index is 13.3.